The highest BCUT2D eigenvalue weighted by Crippen LogP contribution is 2.26. The van der Waals surface area contributed by atoms with Crippen LogP contribution in [0.4, 0.5) is 0 Å². The topological polar surface area (TPSA) is 42.0 Å². The predicted molar refractivity (Wildman–Crippen MR) is 99.2 cm³/mol. The number of ether oxygens (including phenoxy) is 2. The average Bonchev–Trinajstić information content (AvgIpc) is 2.58. The SMILES string of the molecule is CN1CCN(CCOC(=O)c2ccc(OCCCCl)c(Br)c2)CC1. The van der Waals surface area contributed by atoms with Crippen LogP contribution in [-0.2, 0) is 4.74 Å². The van der Waals surface area contributed by atoms with Crippen LogP contribution in [0.25, 0.3) is 0 Å². The van der Waals surface area contributed by atoms with Gasteiger partial charge < -0.3 is 14.4 Å². The summed E-state index contributed by atoms with van der Waals surface area (Å²) in [6.45, 7) is 5.91. The molecule has 1 aliphatic heterocycles. The zero-order chi connectivity index (χ0) is 17.4. The van der Waals surface area contributed by atoms with Crippen LogP contribution in [0.3, 0.4) is 0 Å². The minimum absolute atomic E-state index is 0.308. The first-order valence-corrected chi connectivity index (χ1v) is 9.49. The highest BCUT2D eigenvalue weighted by Gasteiger charge is 2.15. The molecule has 0 unspecified atom stereocenters. The fraction of sp³-hybridized carbons (Fsp3) is 0.588. The molecule has 0 spiro atoms. The molecule has 0 atom stereocenters. The number of nitrogens with zero attached hydrogens (tertiary/aromatic N) is 2. The van der Waals surface area contributed by atoms with Crippen LogP contribution in [-0.4, -0.2) is 74.6 Å². The Morgan fingerprint density at radius 1 is 1.25 bits per heavy atom. The number of benzene rings is 1. The Bertz CT molecular complexity index is 537. The quantitative estimate of drug-likeness (QED) is 0.368. The number of piperazine rings is 1. The van der Waals surface area contributed by atoms with E-state index in [1.165, 1.54) is 0 Å². The molecule has 0 bridgehead atoms. The summed E-state index contributed by atoms with van der Waals surface area (Å²) in [7, 11) is 2.12. The monoisotopic (exact) mass is 418 g/mol. The van der Waals surface area contributed by atoms with E-state index in [1.54, 1.807) is 18.2 Å². The van der Waals surface area contributed by atoms with Crippen LogP contribution in [0.5, 0.6) is 5.75 Å². The third-order valence-corrected chi connectivity index (χ3v) is 4.83. The van der Waals surface area contributed by atoms with Crippen molar-refractivity contribution in [2.45, 2.75) is 6.42 Å². The van der Waals surface area contributed by atoms with Gasteiger partial charge in [-0.2, -0.15) is 0 Å². The Balaban J connectivity index is 1.76. The largest absolute Gasteiger partial charge is 0.492 e. The zero-order valence-corrected chi connectivity index (χ0v) is 16.3. The molecule has 0 amide bonds. The molecular weight excluding hydrogens is 396 g/mol. The van der Waals surface area contributed by atoms with Gasteiger partial charge in [-0.3, -0.25) is 4.90 Å². The number of hydrogen-bond donors (Lipinski definition) is 0. The molecule has 134 valence electrons. The minimum atomic E-state index is -0.308. The van der Waals surface area contributed by atoms with E-state index in [4.69, 9.17) is 21.1 Å². The van der Waals surface area contributed by atoms with Gasteiger partial charge in [-0.25, -0.2) is 4.79 Å². The number of likely N-dealkylation sites (N-methyl/N-ethyl adjacent to an activating group) is 1. The van der Waals surface area contributed by atoms with Crippen LogP contribution in [0.15, 0.2) is 22.7 Å². The first-order valence-electron chi connectivity index (χ1n) is 8.16. The first-order chi connectivity index (χ1) is 11.6. The van der Waals surface area contributed by atoms with Gasteiger partial charge in [0.05, 0.1) is 16.6 Å². The summed E-state index contributed by atoms with van der Waals surface area (Å²) < 4.78 is 11.7. The lowest BCUT2D eigenvalue weighted by molar-refractivity contribution is 0.0432. The molecule has 1 aliphatic rings. The van der Waals surface area contributed by atoms with E-state index >= 15 is 0 Å². The van der Waals surface area contributed by atoms with Gasteiger partial charge in [0.15, 0.2) is 0 Å². The molecule has 5 nitrogen and oxygen atoms in total. The Labute approximate surface area is 157 Å². The van der Waals surface area contributed by atoms with Crippen molar-refractivity contribution in [2.24, 2.45) is 0 Å². The van der Waals surface area contributed by atoms with Gasteiger partial charge in [-0.15, -0.1) is 11.6 Å². The molecule has 1 heterocycles. The molecule has 0 aromatic heterocycles. The Kier molecular flexibility index (Phi) is 8.32. The van der Waals surface area contributed by atoms with E-state index in [9.17, 15) is 4.79 Å². The highest BCUT2D eigenvalue weighted by molar-refractivity contribution is 9.10. The van der Waals surface area contributed by atoms with Crippen LogP contribution < -0.4 is 4.74 Å². The molecule has 1 fully saturated rings. The molecule has 0 N–H and O–H groups in total. The van der Waals surface area contributed by atoms with Crippen molar-refractivity contribution in [1.29, 1.82) is 0 Å². The van der Waals surface area contributed by atoms with E-state index in [2.05, 4.69) is 32.8 Å². The lowest BCUT2D eigenvalue weighted by atomic mass is 10.2. The third-order valence-electron chi connectivity index (χ3n) is 3.94. The summed E-state index contributed by atoms with van der Waals surface area (Å²) in [4.78, 5) is 16.8. The van der Waals surface area contributed by atoms with Crippen molar-refractivity contribution in [3.8, 4) is 5.75 Å². The molecular formula is C17H24BrClN2O3. The molecule has 7 heteroatoms. The molecule has 1 aromatic carbocycles. The Morgan fingerprint density at radius 2 is 2.00 bits per heavy atom. The maximum atomic E-state index is 12.1. The number of halogens is 2. The van der Waals surface area contributed by atoms with Crippen LogP contribution >= 0.6 is 27.5 Å². The minimum Gasteiger partial charge on any atom is -0.492 e. The summed E-state index contributed by atoms with van der Waals surface area (Å²) in [5.74, 6) is 0.959. The van der Waals surface area contributed by atoms with Gasteiger partial charge in [0.1, 0.15) is 12.4 Å². The Morgan fingerprint density at radius 3 is 2.67 bits per heavy atom. The van der Waals surface area contributed by atoms with Crippen molar-refractivity contribution in [2.75, 3.05) is 58.9 Å². The normalized spacial score (nSPS) is 16.1. The van der Waals surface area contributed by atoms with Crippen molar-refractivity contribution < 1.29 is 14.3 Å². The van der Waals surface area contributed by atoms with E-state index in [1.807, 2.05) is 0 Å². The van der Waals surface area contributed by atoms with Crippen LogP contribution in [0.1, 0.15) is 16.8 Å². The number of carbonyl (C=O) groups excluding carboxylic acids is 1. The van der Waals surface area contributed by atoms with Crippen molar-refractivity contribution >= 4 is 33.5 Å². The smallest absolute Gasteiger partial charge is 0.338 e. The van der Waals surface area contributed by atoms with Gasteiger partial charge in [0.2, 0.25) is 0 Å². The number of esters is 1. The number of carbonyl (C=O) groups is 1. The van der Waals surface area contributed by atoms with E-state index in [0.717, 1.165) is 43.6 Å². The summed E-state index contributed by atoms with van der Waals surface area (Å²) in [5.41, 5.74) is 0.518. The maximum absolute atomic E-state index is 12.1. The fourth-order valence-corrected chi connectivity index (χ4v) is 3.01. The van der Waals surface area contributed by atoms with Crippen LogP contribution in [0, 0.1) is 0 Å². The molecule has 0 aliphatic carbocycles. The summed E-state index contributed by atoms with van der Waals surface area (Å²) in [6, 6.07) is 5.22. The van der Waals surface area contributed by atoms with Crippen LogP contribution in [0.2, 0.25) is 0 Å². The second kappa shape index (κ2) is 10.2. The van der Waals surface area contributed by atoms with Gasteiger partial charge in [-0.1, -0.05) is 0 Å². The highest BCUT2D eigenvalue weighted by atomic mass is 79.9. The Hall–Kier alpha value is -0.820. The average molecular weight is 420 g/mol. The molecule has 0 saturated carbocycles. The first kappa shape index (κ1) is 19.5. The summed E-state index contributed by atoms with van der Waals surface area (Å²) in [5, 5.41) is 0. The number of rotatable bonds is 8. The standard InChI is InChI=1S/C17H24BrClN2O3/c1-20-6-8-21(9-7-20)10-12-24-17(22)14-3-4-16(15(18)13-14)23-11-2-5-19/h3-4,13H,2,5-12H2,1H3. The molecule has 0 radical (unpaired) electrons. The maximum Gasteiger partial charge on any atom is 0.338 e. The predicted octanol–water partition coefficient (Wildman–Crippen LogP) is 2.86. The molecule has 1 saturated heterocycles. The lowest BCUT2D eigenvalue weighted by Gasteiger charge is -2.32. The van der Waals surface area contributed by atoms with Gasteiger partial charge in [0, 0.05) is 38.6 Å². The summed E-state index contributed by atoms with van der Waals surface area (Å²) in [6.07, 6.45) is 0.782. The second-order valence-electron chi connectivity index (χ2n) is 5.82. The van der Waals surface area contributed by atoms with Crippen molar-refractivity contribution in [3.05, 3.63) is 28.2 Å². The summed E-state index contributed by atoms with van der Waals surface area (Å²) >= 11 is 9.05. The van der Waals surface area contributed by atoms with Crippen molar-refractivity contribution in [1.82, 2.24) is 9.80 Å². The molecule has 1 aromatic rings. The van der Waals surface area contributed by atoms with E-state index in [0.29, 0.717) is 30.4 Å². The van der Waals surface area contributed by atoms with Crippen molar-refractivity contribution in [3.63, 3.8) is 0 Å². The third kappa shape index (κ3) is 6.24. The van der Waals surface area contributed by atoms with Gasteiger partial charge in [0.25, 0.3) is 0 Å². The number of hydrogen-bond acceptors (Lipinski definition) is 5. The fourth-order valence-electron chi connectivity index (χ4n) is 2.40. The van der Waals surface area contributed by atoms with E-state index in [-0.39, 0.29) is 5.97 Å². The molecule has 24 heavy (non-hydrogen) atoms. The van der Waals surface area contributed by atoms with Gasteiger partial charge in [-0.05, 0) is 47.6 Å². The second-order valence-corrected chi connectivity index (χ2v) is 7.05. The van der Waals surface area contributed by atoms with Gasteiger partial charge >= 0.3 is 5.97 Å². The zero-order valence-electron chi connectivity index (χ0n) is 14.0. The van der Waals surface area contributed by atoms with E-state index < -0.39 is 0 Å². The lowest BCUT2D eigenvalue weighted by Crippen LogP contribution is -2.45. The molecule has 2 rings (SSSR count). The number of alkyl halides is 1.